The van der Waals surface area contributed by atoms with Gasteiger partial charge in [0.25, 0.3) is 0 Å². The number of aliphatic imine (C=N–C) groups is 1. The first-order valence-electron chi connectivity index (χ1n) is 10.2. The lowest BCUT2D eigenvalue weighted by molar-refractivity contribution is -0.135. The molecule has 158 valence electrons. The van der Waals surface area contributed by atoms with Crippen LogP contribution in [-0.2, 0) is 17.8 Å². The lowest BCUT2D eigenvalue weighted by atomic mass is 9.99. The highest BCUT2D eigenvalue weighted by molar-refractivity contribution is 14.0. The predicted octanol–water partition coefficient (Wildman–Crippen LogP) is 1.53. The molecular weight excluding hydrogens is 469 g/mol. The lowest BCUT2D eigenvalue weighted by Crippen LogP contribution is -2.54. The molecule has 0 radical (unpaired) electrons. The Morgan fingerprint density at radius 1 is 1.21 bits per heavy atom. The minimum absolute atomic E-state index is 0. The van der Waals surface area contributed by atoms with Gasteiger partial charge in [-0.1, -0.05) is 13.8 Å². The number of guanidine groups is 1. The van der Waals surface area contributed by atoms with E-state index in [0.717, 1.165) is 76.3 Å². The summed E-state index contributed by atoms with van der Waals surface area (Å²) in [6, 6.07) is 0. The van der Waals surface area contributed by atoms with E-state index in [2.05, 4.69) is 31.9 Å². The number of amides is 1. The summed E-state index contributed by atoms with van der Waals surface area (Å²) < 4.78 is 2.23. The lowest BCUT2D eigenvalue weighted by Gasteiger charge is -2.37. The standard InChI is InChI=1S/C19H33N7O.HI/c1-5-20-19(25-10-8-24(9-11-25)18(27)14(2)3)21-12-16-6-7-17-23-22-15(4)26(17)13-16;/h14,16H,5-13H2,1-4H3,(H,20,21);1H. The molecule has 0 aliphatic carbocycles. The molecule has 28 heavy (non-hydrogen) atoms. The Labute approximate surface area is 185 Å². The van der Waals surface area contributed by atoms with Crippen molar-refractivity contribution < 1.29 is 4.79 Å². The number of piperazine rings is 1. The molecule has 1 saturated heterocycles. The van der Waals surface area contributed by atoms with Crippen molar-refractivity contribution in [3.8, 4) is 0 Å². The minimum Gasteiger partial charge on any atom is -0.357 e. The van der Waals surface area contributed by atoms with E-state index < -0.39 is 0 Å². The highest BCUT2D eigenvalue weighted by Gasteiger charge is 2.25. The Morgan fingerprint density at radius 2 is 1.89 bits per heavy atom. The first kappa shape index (κ1) is 22.9. The third-order valence-electron chi connectivity index (χ3n) is 5.45. The maximum atomic E-state index is 12.2. The molecule has 1 N–H and O–H groups in total. The van der Waals surface area contributed by atoms with Crippen LogP contribution in [0.15, 0.2) is 4.99 Å². The predicted molar refractivity (Wildman–Crippen MR) is 121 cm³/mol. The van der Waals surface area contributed by atoms with Gasteiger partial charge >= 0.3 is 0 Å². The van der Waals surface area contributed by atoms with Crippen molar-refractivity contribution >= 4 is 35.8 Å². The van der Waals surface area contributed by atoms with Crippen molar-refractivity contribution in [1.82, 2.24) is 29.9 Å². The van der Waals surface area contributed by atoms with Crippen LogP contribution in [0, 0.1) is 18.8 Å². The van der Waals surface area contributed by atoms with E-state index in [1.807, 2.05) is 25.7 Å². The SMILES string of the molecule is CCNC(=NCC1CCc2nnc(C)n2C1)N1CCN(C(=O)C(C)C)CC1.I. The zero-order valence-corrected chi connectivity index (χ0v) is 19.8. The molecule has 2 aliphatic heterocycles. The van der Waals surface area contributed by atoms with Crippen LogP contribution < -0.4 is 5.32 Å². The van der Waals surface area contributed by atoms with Crippen molar-refractivity contribution in [3.63, 3.8) is 0 Å². The number of aryl methyl sites for hydroxylation is 2. The summed E-state index contributed by atoms with van der Waals surface area (Å²) in [6.45, 7) is 13.9. The summed E-state index contributed by atoms with van der Waals surface area (Å²) >= 11 is 0. The van der Waals surface area contributed by atoms with Crippen LogP contribution >= 0.6 is 24.0 Å². The molecule has 9 heteroatoms. The molecule has 1 unspecified atom stereocenters. The fourth-order valence-corrected chi connectivity index (χ4v) is 3.82. The summed E-state index contributed by atoms with van der Waals surface area (Å²) in [5.41, 5.74) is 0. The van der Waals surface area contributed by atoms with Gasteiger partial charge in [0.05, 0.1) is 0 Å². The molecule has 3 rings (SSSR count). The molecule has 2 aliphatic rings. The van der Waals surface area contributed by atoms with Gasteiger partial charge in [-0.05, 0) is 26.2 Å². The Balaban J connectivity index is 0.00000280. The molecule has 1 aromatic rings. The molecule has 3 heterocycles. The van der Waals surface area contributed by atoms with Crippen LogP contribution in [0.1, 0.15) is 38.8 Å². The van der Waals surface area contributed by atoms with Crippen molar-refractivity contribution in [1.29, 1.82) is 0 Å². The second-order valence-electron chi connectivity index (χ2n) is 7.84. The number of carbonyl (C=O) groups is 1. The molecule has 0 spiro atoms. The summed E-state index contributed by atoms with van der Waals surface area (Å²) in [5.74, 6) is 3.90. The number of nitrogens with zero attached hydrogens (tertiary/aromatic N) is 6. The average Bonchev–Trinajstić information content (AvgIpc) is 3.05. The molecule has 1 aromatic heterocycles. The van der Waals surface area contributed by atoms with E-state index in [1.165, 1.54) is 0 Å². The van der Waals surface area contributed by atoms with Gasteiger partial charge in [0.15, 0.2) is 5.96 Å². The molecular formula is C19H34IN7O. The molecule has 0 aromatic carbocycles. The van der Waals surface area contributed by atoms with Crippen LogP contribution in [0.5, 0.6) is 0 Å². The van der Waals surface area contributed by atoms with E-state index in [4.69, 9.17) is 4.99 Å². The van der Waals surface area contributed by atoms with Crippen molar-refractivity contribution in [2.75, 3.05) is 39.3 Å². The molecule has 8 nitrogen and oxygen atoms in total. The van der Waals surface area contributed by atoms with Crippen LogP contribution in [0.2, 0.25) is 0 Å². The van der Waals surface area contributed by atoms with Crippen LogP contribution in [-0.4, -0.2) is 75.7 Å². The second kappa shape index (κ2) is 10.4. The van der Waals surface area contributed by atoms with E-state index >= 15 is 0 Å². The van der Waals surface area contributed by atoms with Crippen molar-refractivity contribution in [3.05, 3.63) is 11.6 Å². The Hall–Kier alpha value is -1.39. The number of hydrogen-bond donors (Lipinski definition) is 1. The van der Waals surface area contributed by atoms with E-state index in [9.17, 15) is 4.79 Å². The van der Waals surface area contributed by atoms with Gasteiger partial charge in [-0.25, -0.2) is 0 Å². The molecule has 1 amide bonds. The molecule has 0 saturated carbocycles. The first-order valence-corrected chi connectivity index (χ1v) is 10.2. The highest BCUT2D eigenvalue weighted by Crippen LogP contribution is 2.20. The summed E-state index contributed by atoms with van der Waals surface area (Å²) in [7, 11) is 0. The van der Waals surface area contributed by atoms with Crippen molar-refractivity contribution in [2.45, 2.75) is 47.1 Å². The van der Waals surface area contributed by atoms with Gasteiger partial charge in [-0.3, -0.25) is 9.79 Å². The van der Waals surface area contributed by atoms with E-state index in [0.29, 0.717) is 5.92 Å². The minimum atomic E-state index is 0. The zero-order valence-electron chi connectivity index (χ0n) is 17.5. The smallest absolute Gasteiger partial charge is 0.225 e. The fraction of sp³-hybridized carbons (Fsp3) is 0.789. The first-order chi connectivity index (χ1) is 13.0. The van der Waals surface area contributed by atoms with Crippen molar-refractivity contribution in [2.24, 2.45) is 16.8 Å². The number of rotatable bonds is 4. The van der Waals surface area contributed by atoms with E-state index in [-0.39, 0.29) is 35.8 Å². The quantitative estimate of drug-likeness (QED) is 0.383. The van der Waals surface area contributed by atoms with Gasteiger partial charge < -0.3 is 19.7 Å². The summed E-state index contributed by atoms with van der Waals surface area (Å²) in [6.07, 6.45) is 2.09. The topological polar surface area (TPSA) is 78.7 Å². The summed E-state index contributed by atoms with van der Waals surface area (Å²) in [4.78, 5) is 21.4. The van der Waals surface area contributed by atoms with Gasteiger partial charge in [-0.2, -0.15) is 0 Å². The maximum absolute atomic E-state index is 12.2. The number of hydrogen-bond acceptors (Lipinski definition) is 4. The monoisotopic (exact) mass is 503 g/mol. The summed E-state index contributed by atoms with van der Waals surface area (Å²) in [5, 5.41) is 11.9. The average molecular weight is 503 g/mol. The van der Waals surface area contributed by atoms with Gasteiger partial charge in [0.1, 0.15) is 11.6 Å². The third kappa shape index (κ3) is 5.36. The fourth-order valence-electron chi connectivity index (χ4n) is 3.82. The van der Waals surface area contributed by atoms with E-state index in [1.54, 1.807) is 0 Å². The molecule has 1 fully saturated rings. The number of halogens is 1. The molecule has 1 atom stereocenters. The number of fused-ring (bicyclic) bond motifs is 1. The largest absolute Gasteiger partial charge is 0.357 e. The van der Waals surface area contributed by atoms with Gasteiger partial charge in [0, 0.05) is 58.2 Å². The number of aromatic nitrogens is 3. The number of carbonyl (C=O) groups excluding carboxylic acids is 1. The molecule has 0 bridgehead atoms. The third-order valence-corrected chi connectivity index (χ3v) is 5.45. The Bertz CT molecular complexity index is 680. The zero-order chi connectivity index (χ0) is 19.4. The van der Waals surface area contributed by atoms with Gasteiger partial charge in [-0.15, -0.1) is 34.2 Å². The second-order valence-corrected chi connectivity index (χ2v) is 7.84. The maximum Gasteiger partial charge on any atom is 0.225 e. The number of nitrogens with one attached hydrogen (secondary N) is 1. The van der Waals surface area contributed by atoms with Crippen LogP contribution in [0.3, 0.4) is 0 Å². The Morgan fingerprint density at radius 3 is 2.54 bits per heavy atom. The van der Waals surface area contributed by atoms with Crippen LogP contribution in [0.25, 0.3) is 0 Å². The Kier molecular flexibility index (Phi) is 8.51. The van der Waals surface area contributed by atoms with Gasteiger partial charge in [0.2, 0.25) is 5.91 Å². The highest BCUT2D eigenvalue weighted by atomic mass is 127. The normalized spacial score (nSPS) is 20.0. The van der Waals surface area contributed by atoms with Crippen LogP contribution in [0.4, 0.5) is 0 Å².